The first-order chi connectivity index (χ1) is 6.24. The predicted molar refractivity (Wildman–Crippen MR) is 55.7 cm³/mol. The van der Waals surface area contributed by atoms with E-state index in [0.717, 1.165) is 0 Å². The van der Waals surface area contributed by atoms with Gasteiger partial charge in [0.05, 0.1) is 5.52 Å². The molecule has 0 aliphatic rings. The van der Waals surface area contributed by atoms with E-state index in [0.29, 0.717) is 6.54 Å². The molecule has 0 bridgehead atoms. The Morgan fingerprint density at radius 3 is 2.85 bits per heavy atom. The molecule has 0 amide bonds. The van der Waals surface area contributed by atoms with Crippen molar-refractivity contribution in [2.45, 2.75) is 20.4 Å². The third-order valence-electron chi connectivity index (χ3n) is 2.67. The van der Waals surface area contributed by atoms with Crippen molar-refractivity contribution in [2.24, 2.45) is 5.73 Å². The van der Waals surface area contributed by atoms with E-state index in [-0.39, 0.29) is 0 Å². The van der Waals surface area contributed by atoms with E-state index in [1.807, 2.05) is 6.20 Å². The third kappa shape index (κ3) is 1.14. The number of rotatable bonds is 1. The summed E-state index contributed by atoms with van der Waals surface area (Å²) in [6, 6.07) is 4.27. The summed E-state index contributed by atoms with van der Waals surface area (Å²) in [7, 11) is 0. The zero-order valence-corrected chi connectivity index (χ0v) is 8.02. The van der Waals surface area contributed by atoms with Crippen molar-refractivity contribution in [2.75, 3.05) is 0 Å². The van der Waals surface area contributed by atoms with Gasteiger partial charge in [0.2, 0.25) is 0 Å². The molecule has 1 aromatic heterocycles. The molecule has 0 radical (unpaired) electrons. The van der Waals surface area contributed by atoms with Crippen LogP contribution < -0.4 is 5.73 Å². The Morgan fingerprint density at radius 2 is 2.15 bits per heavy atom. The number of fused-ring (bicyclic) bond motifs is 1. The van der Waals surface area contributed by atoms with Gasteiger partial charge in [-0.25, -0.2) is 0 Å². The molecule has 3 N–H and O–H groups in total. The minimum absolute atomic E-state index is 0.595. The van der Waals surface area contributed by atoms with Crippen molar-refractivity contribution in [3.8, 4) is 0 Å². The average molecular weight is 174 g/mol. The molecular formula is C11H14N2. The highest BCUT2D eigenvalue weighted by Gasteiger charge is 2.05. The van der Waals surface area contributed by atoms with Gasteiger partial charge in [-0.05, 0) is 36.6 Å². The molecule has 13 heavy (non-hydrogen) atoms. The van der Waals surface area contributed by atoms with Crippen LogP contribution in [0.5, 0.6) is 0 Å². The third-order valence-corrected chi connectivity index (χ3v) is 2.67. The minimum atomic E-state index is 0.595. The van der Waals surface area contributed by atoms with Crippen LogP contribution in [0.1, 0.15) is 16.7 Å². The molecule has 1 heterocycles. The van der Waals surface area contributed by atoms with Gasteiger partial charge in [0, 0.05) is 18.1 Å². The fourth-order valence-corrected chi connectivity index (χ4v) is 1.76. The van der Waals surface area contributed by atoms with Crippen molar-refractivity contribution in [3.05, 3.63) is 35.0 Å². The van der Waals surface area contributed by atoms with Gasteiger partial charge >= 0.3 is 0 Å². The van der Waals surface area contributed by atoms with Gasteiger partial charge in [-0.2, -0.15) is 0 Å². The van der Waals surface area contributed by atoms with E-state index in [2.05, 4.69) is 31.0 Å². The van der Waals surface area contributed by atoms with Crippen LogP contribution in [0.2, 0.25) is 0 Å². The largest absolute Gasteiger partial charge is 0.361 e. The minimum Gasteiger partial charge on any atom is -0.361 e. The summed E-state index contributed by atoms with van der Waals surface area (Å²) in [5.41, 5.74) is 10.7. The van der Waals surface area contributed by atoms with Crippen molar-refractivity contribution in [1.82, 2.24) is 4.98 Å². The Labute approximate surface area is 77.8 Å². The fraction of sp³-hybridized carbons (Fsp3) is 0.273. The molecule has 1 aromatic carbocycles. The van der Waals surface area contributed by atoms with Gasteiger partial charge in [-0.3, -0.25) is 0 Å². The van der Waals surface area contributed by atoms with E-state index >= 15 is 0 Å². The maximum Gasteiger partial charge on any atom is 0.0502 e. The molecule has 0 saturated carbocycles. The molecular weight excluding hydrogens is 160 g/mol. The van der Waals surface area contributed by atoms with Gasteiger partial charge in [0.1, 0.15) is 0 Å². The van der Waals surface area contributed by atoms with Crippen LogP contribution in [0.25, 0.3) is 10.9 Å². The number of hydrogen-bond donors (Lipinski definition) is 2. The second-order valence-corrected chi connectivity index (χ2v) is 3.45. The van der Waals surface area contributed by atoms with Crippen LogP contribution in [0.4, 0.5) is 0 Å². The van der Waals surface area contributed by atoms with E-state index in [1.165, 1.54) is 27.6 Å². The van der Waals surface area contributed by atoms with Gasteiger partial charge in [-0.15, -0.1) is 0 Å². The highest BCUT2D eigenvalue weighted by molar-refractivity contribution is 5.86. The van der Waals surface area contributed by atoms with Crippen LogP contribution in [0, 0.1) is 13.8 Å². The smallest absolute Gasteiger partial charge is 0.0502 e. The monoisotopic (exact) mass is 174 g/mol. The second-order valence-electron chi connectivity index (χ2n) is 3.45. The van der Waals surface area contributed by atoms with E-state index in [4.69, 9.17) is 5.73 Å². The molecule has 68 valence electrons. The number of hydrogen-bond acceptors (Lipinski definition) is 1. The van der Waals surface area contributed by atoms with Crippen LogP contribution >= 0.6 is 0 Å². The summed E-state index contributed by atoms with van der Waals surface area (Å²) >= 11 is 0. The zero-order chi connectivity index (χ0) is 9.42. The summed E-state index contributed by atoms with van der Waals surface area (Å²) in [5, 5.41) is 1.29. The Bertz CT molecular complexity index is 441. The quantitative estimate of drug-likeness (QED) is 0.684. The lowest BCUT2D eigenvalue weighted by Crippen LogP contribution is -1.99. The average Bonchev–Trinajstić information content (AvgIpc) is 2.60. The van der Waals surface area contributed by atoms with Gasteiger partial charge in [0.25, 0.3) is 0 Å². The molecule has 2 rings (SSSR count). The zero-order valence-electron chi connectivity index (χ0n) is 8.02. The number of benzene rings is 1. The maximum atomic E-state index is 5.67. The van der Waals surface area contributed by atoms with Crippen LogP contribution in [0.3, 0.4) is 0 Å². The Hall–Kier alpha value is -1.28. The maximum absolute atomic E-state index is 5.67. The molecule has 0 unspecified atom stereocenters. The van der Waals surface area contributed by atoms with Crippen molar-refractivity contribution in [1.29, 1.82) is 0 Å². The fourth-order valence-electron chi connectivity index (χ4n) is 1.76. The summed E-state index contributed by atoms with van der Waals surface area (Å²) < 4.78 is 0. The predicted octanol–water partition coefficient (Wildman–Crippen LogP) is 2.24. The second kappa shape index (κ2) is 2.89. The first-order valence-corrected chi connectivity index (χ1v) is 4.50. The molecule has 0 saturated heterocycles. The lowest BCUT2D eigenvalue weighted by molar-refractivity contribution is 1.07. The number of nitrogens with two attached hydrogens (primary N) is 1. The molecule has 2 nitrogen and oxygen atoms in total. The molecule has 2 heteroatoms. The van der Waals surface area contributed by atoms with Crippen LogP contribution in [-0.2, 0) is 6.54 Å². The van der Waals surface area contributed by atoms with Gasteiger partial charge < -0.3 is 10.7 Å². The number of H-pyrrole nitrogens is 1. The van der Waals surface area contributed by atoms with Gasteiger partial charge in [0.15, 0.2) is 0 Å². The topological polar surface area (TPSA) is 41.8 Å². The lowest BCUT2D eigenvalue weighted by Gasteiger charge is -2.06. The summed E-state index contributed by atoms with van der Waals surface area (Å²) in [5.74, 6) is 0. The van der Waals surface area contributed by atoms with Crippen molar-refractivity contribution in [3.63, 3.8) is 0 Å². The van der Waals surface area contributed by atoms with Crippen molar-refractivity contribution < 1.29 is 0 Å². The first kappa shape index (κ1) is 8.32. The van der Waals surface area contributed by atoms with Crippen LogP contribution in [-0.4, -0.2) is 4.98 Å². The number of aryl methyl sites for hydroxylation is 2. The van der Waals surface area contributed by atoms with E-state index in [9.17, 15) is 0 Å². The normalized spacial score (nSPS) is 11.0. The molecule has 0 spiro atoms. The number of aromatic nitrogens is 1. The van der Waals surface area contributed by atoms with Crippen LogP contribution in [0.15, 0.2) is 18.3 Å². The summed E-state index contributed by atoms with van der Waals surface area (Å²) in [6.07, 6.45) is 1.97. The highest BCUT2D eigenvalue weighted by atomic mass is 14.7. The van der Waals surface area contributed by atoms with Gasteiger partial charge in [-0.1, -0.05) is 6.07 Å². The number of nitrogens with one attached hydrogen (secondary N) is 1. The molecule has 0 fully saturated rings. The summed E-state index contributed by atoms with van der Waals surface area (Å²) in [4.78, 5) is 3.23. The Morgan fingerprint density at radius 1 is 1.38 bits per heavy atom. The van der Waals surface area contributed by atoms with E-state index < -0.39 is 0 Å². The molecule has 2 aromatic rings. The standard InChI is InChI=1S/C11H14N2/c1-7-5-9(6-12)11-10(8(7)2)3-4-13-11/h3-5,13H,6,12H2,1-2H3. The number of aromatic amines is 1. The Kier molecular flexibility index (Phi) is 1.85. The van der Waals surface area contributed by atoms with E-state index in [1.54, 1.807) is 0 Å². The molecule has 0 atom stereocenters. The highest BCUT2D eigenvalue weighted by Crippen LogP contribution is 2.23. The van der Waals surface area contributed by atoms with Crippen molar-refractivity contribution >= 4 is 10.9 Å². The Balaban J connectivity index is 2.87. The molecule has 0 aliphatic heterocycles. The molecule has 0 aliphatic carbocycles. The lowest BCUT2D eigenvalue weighted by atomic mass is 10.0. The first-order valence-electron chi connectivity index (χ1n) is 4.50. The summed E-state index contributed by atoms with van der Waals surface area (Å²) in [6.45, 7) is 4.87. The SMILES string of the molecule is Cc1cc(CN)c2[nH]ccc2c1C.